The summed E-state index contributed by atoms with van der Waals surface area (Å²) in [4.78, 5) is 44.8. The van der Waals surface area contributed by atoms with E-state index in [4.69, 9.17) is 69.5 Å². The van der Waals surface area contributed by atoms with Crippen molar-refractivity contribution in [3.05, 3.63) is 48.6 Å². The molecule has 0 aromatic carbocycles. The first-order chi connectivity index (χ1) is 43.2. The van der Waals surface area contributed by atoms with Crippen molar-refractivity contribution in [3.63, 3.8) is 0 Å². The fourth-order valence-electron chi connectivity index (χ4n) is 9.75. The number of hydrogen-bond acceptors (Lipinski definition) is 12. The Kier molecular flexibility index (Phi) is 130. The van der Waals surface area contributed by atoms with Crippen molar-refractivity contribution in [2.45, 2.75) is 376 Å². The molecule has 93 heavy (non-hydrogen) atoms. The Morgan fingerprint density at radius 2 is 0.366 bits per heavy atom. The molecule has 0 amide bonds. The zero-order valence-corrected chi connectivity index (χ0v) is 69.4. The van der Waals surface area contributed by atoms with Gasteiger partial charge in [-0.2, -0.15) is 13.5 Å². The van der Waals surface area contributed by atoms with Gasteiger partial charge in [-0.25, -0.2) is 0 Å². The smallest absolute Gasteiger partial charge is 0.789 e. The Labute approximate surface area is 642 Å². The molecule has 0 spiro atoms. The molecule has 0 saturated carbocycles. The Morgan fingerprint density at radius 3 is 0.495 bits per heavy atom. The number of ether oxygens (including phenoxy) is 4. The second-order valence-corrected chi connectivity index (χ2v) is 25.3. The van der Waals surface area contributed by atoms with Crippen LogP contribution in [0.25, 0.3) is 0 Å². The number of carbonyl (C=O) groups is 4. The molecule has 0 saturated heterocycles. The van der Waals surface area contributed by atoms with Crippen molar-refractivity contribution >= 4 is 136 Å². The van der Waals surface area contributed by atoms with Crippen LogP contribution >= 0.6 is 13.5 Å². The van der Waals surface area contributed by atoms with E-state index in [0.29, 0.717) is 75.1 Å². The summed E-state index contributed by atoms with van der Waals surface area (Å²) in [6.07, 6.45) is 82.2. The first kappa shape index (κ1) is 112. The fourth-order valence-corrected chi connectivity index (χ4v) is 10.1. The first-order valence-electron chi connectivity index (χ1n) is 36.8. The average molecular weight is 1610 g/mol. The summed E-state index contributed by atoms with van der Waals surface area (Å²) in [6, 6.07) is 0. The van der Waals surface area contributed by atoms with E-state index in [-0.39, 0.29) is 100 Å². The second-order valence-electron chi connectivity index (χ2n) is 23.7. The maximum atomic E-state index is 11.2. The summed E-state index contributed by atoms with van der Waals surface area (Å²) in [5.41, 5.74) is 0. The van der Waals surface area contributed by atoms with Gasteiger partial charge in [-0.1, -0.05) is 348 Å². The van der Waals surface area contributed by atoms with Gasteiger partial charge in [0, 0.05) is 0 Å². The maximum absolute atomic E-state index is 11.2. The minimum Gasteiger partial charge on any atom is -0.789 e. The molecule has 0 aromatic rings. The van der Waals surface area contributed by atoms with E-state index >= 15 is 0 Å². The molecule has 15 heteroatoms. The molecule has 0 atom stereocenters. The topological polar surface area (TPSA) is 105 Å². The van der Waals surface area contributed by atoms with E-state index < -0.39 is 0 Å². The molecule has 0 rings (SSSR count). The van der Waals surface area contributed by atoms with E-state index in [1.54, 1.807) is 0 Å². The van der Waals surface area contributed by atoms with E-state index in [0.717, 1.165) is 25.7 Å². The van der Waals surface area contributed by atoms with Crippen LogP contribution in [-0.4, -0.2) is 121 Å². The van der Waals surface area contributed by atoms with Gasteiger partial charge in [0.25, 0.3) is 0 Å². The van der Waals surface area contributed by atoms with Gasteiger partial charge in [-0.3, -0.25) is 19.2 Å². The van der Waals surface area contributed by atoms with Gasteiger partial charge in [-0.05, 0) is 51.4 Å². The van der Waals surface area contributed by atoms with Crippen molar-refractivity contribution < 1.29 is 38.1 Å². The number of esters is 4. The molecular formula is C78H150O8S5Sn2. The van der Waals surface area contributed by atoms with E-state index in [2.05, 4.69) is 52.0 Å². The van der Waals surface area contributed by atoms with Crippen molar-refractivity contribution in [1.29, 1.82) is 0 Å². The maximum Gasteiger partial charge on any atom is 2.00 e. The number of rotatable bonds is 64. The Bertz CT molecular complexity index is 1290. The van der Waals surface area contributed by atoms with Crippen LogP contribution in [0.5, 0.6) is 0 Å². The largest absolute Gasteiger partial charge is 2.00 e. The molecule has 548 valence electrons. The van der Waals surface area contributed by atoms with Gasteiger partial charge in [-0.15, -0.1) is 23.0 Å². The molecular weight excluding hydrogens is 1460 g/mol. The molecule has 8 nitrogen and oxygen atoms in total. The zero-order valence-electron chi connectivity index (χ0n) is 59.4. The van der Waals surface area contributed by atoms with Crippen LogP contribution in [0.15, 0.2) is 48.6 Å². The predicted octanol–water partition coefficient (Wildman–Crippen LogP) is 23.5. The molecule has 0 heterocycles. The second kappa shape index (κ2) is 108. The average Bonchev–Trinajstić information content (AvgIpc) is 3.56. The quantitative estimate of drug-likeness (QED) is 0.0145. The number of hydrogen-bond donors (Lipinski definition) is 0. The zero-order chi connectivity index (χ0) is 65.2. The summed E-state index contributed by atoms with van der Waals surface area (Å²) < 4.78 is 19.6. The molecule has 0 unspecified atom stereocenters. The first-order valence-corrected chi connectivity index (χ1v) is 39.1. The Balaban J connectivity index is -0.000000142. The number of unbranched alkanes of at least 4 members (excludes halogenated alkanes) is 44. The van der Waals surface area contributed by atoms with Crippen LogP contribution in [0, 0.1) is 0 Å². The molecule has 0 aliphatic carbocycles. The SMILES string of the molecule is C.C.CCCCCCCCCCCCC/C=C/CC(=O)OCC[S-].CCCCCCCCCCCCC/C=C/CC(=O)OCC[S-].CCCCCCCCCCCCC/C=C/CC(=O)OCC[S-].CCCCCCCCCCCCC/C=C/CC(=O)OCC[S-].S.[Sn+2].[Sn+2]. The van der Waals surface area contributed by atoms with Crippen molar-refractivity contribution in [2.75, 3.05) is 49.4 Å². The number of carbonyl (C=O) groups excluding carboxylic acids is 4. The summed E-state index contributed by atoms with van der Waals surface area (Å²) in [5, 5.41) is 0. The molecule has 0 aliphatic rings. The van der Waals surface area contributed by atoms with Gasteiger partial charge in [0.05, 0.1) is 52.1 Å². The minimum atomic E-state index is -0.167. The molecule has 0 fully saturated rings. The summed E-state index contributed by atoms with van der Waals surface area (Å²) in [5.74, 6) is 1.25. The van der Waals surface area contributed by atoms with Gasteiger partial charge in [0.15, 0.2) is 0 Å². The van der Waals surface area contributed by atoms with Crippen LogP contribution < -0.4 is 0 Å². The predicted molar refractivity (Wildman–Crippen MR) is 427 cm³/mol. The van der Waals surface area contributed by atoms with Crippen molar-refractivity contribution in [1.82, 2.24) is 0 Å². The minimum absolute atomic E-state index is 0. The van der Waals surface area contributed by atoms with Crippen LogP contribution in [0.4, 0.5) is 0 Å². The molecule has 0 bridgehead atoms. The molecule has 0 aromatic heterocycles. The third-order valence-electron chi connectivity index (χ3n) is 15.1. The van der Waals surface area contributed by atoms with E-state index in [9.17, 15) is 19.2 Å². The standard InChI is InChI=1S/4C19H36O2S.2CH4.H2S.2Sn/c4*1-2-3-4-5-6-7-8-9-10-11-12-13-14-15-16-19(20)21-17-18-22;;;;;/h4*14-15,22H,2-13,16-18H2,1H3;2*1H4;1H2;;/q;;;;;;;2*+2/p-4/b4*15-14+;;;;;. The van der Waals surface area contributed by atoms with E-state index in [1.165, 1.54) is 283 Å². The normalized spacial score (nSPS) is 10.6. The summed E-state index contributed by atoms with van der Waals surface area (Å²) in [6.45, 7) is 10.5. The van der Waals surface area contributed by atoms with Gasteiger partial charge < -0.3 is 69.5 Å². The van der Waals surface area contributed by atoms with Crippen LogP contribution in [0.1, 0.15) is 376 Å². The molecule has 0 N–H and O–H groups in total. The van der Waals surface area contributed by atoms with Crippen LogP contribution in [0.2, 0.25) is 0 Å². The Hall–Kier alpha value is 0.187. The van der Waals surface area contributed by atoms with Crippen molar-refractivity contribution in [2.24, 2.45) is 0 Å². The third kappa shape index (κ3) is 117. The van der Waals surface area contributed by atoms with Gasteiger partial charge in [0.2, 0.25) is 0 Å². The Morgan fingerprint density at radius 1 is 0.237 bits per heavy atom. The summed E-state index contributed by atoms with van der Waals surface area (Å²) in [7, 11) is 0. The van der Waals surface area contributed by atoms with Crippen LogP contribution in [0.3, 0.4) is 0 Å². The monoisotopic (exact) mass is 1610 g/mol. The van der Waals surface area contributed by atoms with Crippen molar-refractivity contribution in [3.8, 4) is 0 Å². The van der Waals surface area contributed by atoms with Crippen LogP contribution in [-0.2, 0) is 88.6 Å². The fraction of sp³-hybridized carbons (Fsp3) is 0.846. The molecule has 0 aliphatic heterocycles. The number of allylic oxidation sites excluding steroid dienone is 4. The van der Waals surface area contributed by atoms with E-state index in [1.807, 2.05) is 24.3 Å². The van der Waals surface area contributed by atoms with Gasteiger partial charge >= 0.3 is 71.7 Å². The van der Waals surface area contributed by atoms with Gasteiger partial charge in [0.1, 0.15) is 0 Å². The summed E-state index contributed by atoms with van der Waals surface area (Å²) >= 11 is 18.9. The molecule has 4 radical (unpaired) electrons. The third-order valence-corrected chi connectivity index (χ3v) is 15.8.